The first-order valence-corrected chi connectivity index (χ1v) is 13.8. The van der Waals surface area contributed by atoms with Crippen LogP contribution in [0.2, 0.25) is 0 Å². The lowest BCUT2D eigenvalue weighted by atomic mass is 9.98. The number of carbonyl (C=O) groups excluding carboxylic acids is 2. The maximum Gasteiger partial charge on any atom is 0.328 e. The van der Waals surface area contributed by atoms with Crippen LogP contribution in [0.3, 0.4) is 0 Å². The SMILES string of the molecule is COC(=O)[C@H](CCSC)NC(=O)[C@@H]1O[C@@H](Oc2cc3oc(-c4ccccc4)cc(=O)c3c(O)c2O)[C@@H](O)[C@@H](O)[C@@H]1O. The van der Waals surface area contributed by atoms with E-state index in [0.29, 0.717) is 11.3 Å². The first-order valence-electron chi connectivity index (χ1n) is 12.4. The molecule has 1 saturated heterocycles. The maximum atomic E-state index is 13.0. The molecule has 14 heteroatoms. The molecule has 6 N–H and O–H groups in total. The standard InChI is InChI=1S/C27H29NO12S/c1-37-26(36)13(8-9-41-2)28-25(35)24-22(33)21(32)23(34)27(40-24)39-17-11-16-18(20(31)19(17)30)14(29)10-15(38-16)12-6-4-3-5-7-12/h3-7,10-11,13,21-24,27,30-34H,8-9H2,1-2H3,(H,28,35)/t13-,21-,22-,23-,24+,27+/m0/s1. The highest BCUT2D eigenvalue weighted by Gasteiger charge is 2.48. The van der Waals surface area contributed by atoms with E-state index in [-0.39, 0.29) is 23.2 Å². The first kappa shape index (κ1) is 30.1. The summed E-state index contributed by atoms with van der Waals surface area (Å²) < 4.78 is 21.5. The van der Waals surface area contributed by atoms with E-state index >= 15 is 0 Å². The number of hydrogen-bond acceptors (Lipinski definition) is 13. The number of fused-ring (bicyclic) bond motifs is 1. The number of esters is 1. The van der Waals surface area contributed by atoms with Gasteiger partial charge < -0.3 is 49.5 Å². The topological polar surface area (TPSA) is 205 Å². The van der Waals surface area contributed by atoms with Crippen LogP contribution in [0.5, 0.6) is 17.2 Å². The van der Waals surface area contributed by atoms with Crippen molar-refractivity contribution in [3.05, 3.63) is 52.7 Å². The fourth-order valence-corrected chi connectivity index (χ4v) is 4.74. The van der Waals surface area contributed by atoms with Gasteiger partial charge in [-0.05, 0) is 18.4 Å². The summed E-state index contributed by atoms with van der Waals surface area (Å²) in [5.41, 5.74) is -0.284. The van der Waals surface area contributed by atoms with Crippen molar-refractivity contribution < 1.29 is 53.7 Å². The van der Waals surface area contributed by atoms with Gasteiger partial charge >= 0.3 is 5.97 Å². The van der Waals surface area contributed by atoms with Crippen LogP contribution in [0.25, 0.3) is 22.3 Å². The number of ether oxygens (including phenoxy) is 3. The molecule has 2 heterocycles. The molecule has 41 heavy (non-hydrogen) atoms. The quantitative estimate of drug-likeness (QED) is 0.148. The van der Waals surface area contributed by atoms with Crippen LogP contribution in [0.1, 0.15) is 6.42 Å². The molecule has 1 amide bonds. The summed E-state index contributed by atoms with van der Waals surface area (Å²) in [5, 5.41) is 54.6. The molecule has 0 aliphatic carbocycles. The molecule has 0 bridgehead atoms. The second-order valence-corrected chi connectivity index (χ2v) is 10.2. The van der Waals surface area contributed by atoms with E-state index in [9.17, 15) is 39.9 Å². The van der Waals surface area contributed by atoms with Crippen molar-refractivity contribution in [2.45, 2.75) is 43.2 Å². The number of aromatic hydroxyl groups is 2. The summed E-state index contributed by atoms with van der Waals surface area (Å²) in [4.78, 5) is 37.8. The van der Waals surface area contributed by atoms with E-state index in [2.05, 4.69) is 5.32 Å². The molecule has 3 aromatic rings. The largest absolute Gasteiger partial charge is 0.504 e. The van der Waals surface area contributed by atoms with Gasteiger partial charge in [-0.2, -0.15) is 11.8 Å². The lowest BCUT2D eigenvalue weighted by Gasteiger charge is -2.39. The lowest BCUT2D eigenvalue weighted by molar-refractivity contribution is -0.267. The Bertz CT molecular complexity index is 1460. The van der Waals surface area contributed by atoms with E-state index in [4.69, 9.17) is 18.6 Å². The van der Waals surface area contributed by atoms with E-state index in [1.54, 1.807) is 36.6 Å². The van der Waals surface area contributed by atoms with Gasteiger partial charge in [-0.3, -0.25) is 9.59 Å². The molecule has 1 aliphatic heterocycles. The molecule has 13 nitrogen and oxygen atoms in total. The predicted molar refractivity (Wildman–Crippen MR) is 146 cm³/mol. The number of rotatable bonds is 9. The summed E-state index contributed by atoms with van der Waals surface area (Å²) in [6, 6.07) is 9.74. The van der Waals surface area contributed by atoms with Gasteiger partial charge in [0.15, 0.2) is 23.0 Å². The fourth-order valence-electron chi connectivity index (χ4n) is 4.27. The van der Waals surface area contributed by atoms with Crippen LogP contribution in [0.4, 0.5) is 0 Å². The summed E-state index contributed by atoms with van der Waals surface area (Å²) in [5.74, 6) is -3.39. The van der Waals surface area contributed by atoms with E-state index in [0.717, 1.165) is 19.2 Å². The number of phenols is 2. The number of aliphatic hydroxyl groups excluding tert-OH is 3. The van der Waals surface area contributed by atoms with E-state index < -0.39 is 71.3 Å². The normalized spacial score (nSPS) is 23.1. The molecule has 1 aromatic heterocycles. The van der Waals surface area contributed by atoms with Crippen molar-refractivity contribution >= 4 is 34.6 Å². The Labute approximate surface area is 237 Å². The number of phenolic OH excluding ortho intramolecular Hbond substituents is 2. The number of aliphatic hydroxyl groups is 3. The van der Waals surface area contributed by atoms with Gasteiger partial charge in [0.05, 0.1) is 7.11 Å². The van der Waals surface area contributed by atoms with Gasteiger partial charge in [0.2, 0.25) is 12.0 Å². The maximum absolute atomic E-state index is 13.0. The average molecular weight is 592 g/mol. The minimum Gasteiger partial charge on any atom is -0.504 e. The molecular weight excluding hydrogens is 562 g/mol. The molecule has 1 fully saturated rings. The van der Waals surface area contributed by atoms with Crippen molar-refractivity contribution in [2.24, 2.45) is 0 Å². The number of amides is 1. The van der Waals surface area contributed by atoms with Gasteiger partial charge in [-0.15, -0.1) is 0 Å². The molecule has 1 aliphatic rings. The van der Waals surface area contributed by atoms with Crippen molar-refractivity contribution in [1.82, 2.24) is 5.32 Å². The molecule has 2 aromatic carbocycles. The van der Waals surface area contributed by atoms with Gasteiger partial charge in [0.25, 0.3) is 5.91 Å². The number of benzene rings is 2. The zero-order valence-electron chi connectivity index (χ0n) is 21.9. The Morgan fingerprint density at radius 3 is 2.41 bits per heavy atom. The minimum absolute atomic E-state index is 0.157. The highest BCUT2D eigenvalue weighted by atomic mass is 32.2. The predicted octanol–water partition coefficient (Wildman–Crippen LogP) is 0.468. The van der Waals surface area contributed by atoms with Crippen molar-refractivity contribution in [3.63, 3.8) is 0 Å². The molecule has 6 atom stereocenters. The Balaban J connectivity index is 1.63. The third kappa shape index (κ3) is 6.26. The molecular formula is C27H29NO12S. The highest BCUT2D eigenvalue weighted by molar-refractivity contribution is 7.98. The Hall–Kier alpha value is -3.82. The Kier molecular flexibility index (Phi) is 9.40. The number of methoxy groups -OCH3 is 1. The van der Waals surface area contributed by atoms with E-state index in [1.807, 2.05) is 0 Å². The third-order valence-corrected chi connectivity index (χ3v) is 7.12. The van der Waals surface area contributed by atoms with Crippen LogP contribution in [0.15, 0.2) is 51.7 Å². The van der Waals surface area contributed by atoms with Crippen LogP contribution in [-0.4, -0.2) is 93.3 Å². The third-order valence-electron chi connectivity index (χ3n) is 6.47. The molecule has 220 valence electrons. The second-order valence-electron chi connectivity index (χ2n) is 9.17. The molecule has 4 rings (SSSR count). The second kappa shape index (κ2) is 12.8. The zero-order chi connectivity index (χ0) is 29.8. The van der Waals surface area contributed by atoms with Crippen molar-refractivity contribution in [1.29, 1.82) is 0 Å². The van der Waals surface area contributed by atoms with Crippen LogP contribution in [0, 0.1) is 0 Å². The van der Waals surface area contributed by atoms with Gasteiger partial charge in [-0.25, -0.2) is 4.79 Å². The fraction of sp³-hybridized carbons (Fsp3) is 0.370. The average Bonchev–Trinajstić information content (AvgIpc) is 2.97. The summed E-state index contributed by atoms with van der Waals surface area (Å²) >= 11 is 1.42. The summed E-state index contributed by atoms with van der Waals surface area (Å²) in [6.45, 7) is 0. The lowest BCUT2D eigenvalue weighted by Crippen LogP contribution is -2.63. The van der Waals surface area contributed by atoms with Crippen LogP contribution < -0.4 is 15.5 Å². The number of hydrogen-bond donors (Lipinski definition) is 6. The number of nitrogens with one attached hydrogen (secondary N) is 1. The van der Waals surface area contributed by atoms with Crippen molar-refractivity contribution in [2.75, 3.05) is 19.1 Å². The van der Waals surface area contributed by atoms with Gasteiger partial charge in [-0.1, -0.05) is 30.3 Å². The summed E-state index contributed by atoms with van der Waals surface area (Å²) in [6.07, 6.45) is -7.48. The van der Waals surface area contributed by atoms with E-state index in [1.165, 1.54) is 11.8 Å². The van der Waals surface area contributed by atoms with Gasteiger partial charge in [0, 0.05) is 17.7 Å². The minimum atomic E-state index is -1.95. The smallest absolute Gasteiger partial charge is 0.328 e. The Morgan fingerprint density at radius 2 is 1.76 bits per heavy atom. The molecule has 0 unspecified atom stereocenters. The first-order chi connectivity index (χ1) is 19.6. The Morgan fingerprint density at radius 1 is 1.05 bits per heavy atom. The molecule has 0 radical (unpaired) electrons. The molecule has 0 saturated carbocycles. The number of thioether (sulfide) groups is 1. The zero-order valence-corrected chi connectivity index (χ0v) is 22.7. The number of carbonyl (C=O) groups is 2. The van der Waals surface area contributed by atoms with Gasteiger partial charge in [0.1, 0.15) is 41.1 Å². The summed E-state index contributed by atoms with van der Waals surface area (Å²) in [7, 11) is 1.15. The molecule has 0 spiro atoms. The van der Waals surface area contributed by atoms with Crippen molar-refractivity contribution in [3.8, 4) is 28.6 Å². The monoisotopic (exact) mass is 591 g/mol. The van der Waals surface area contributed by atoms with Crippen LogP contribution in [-0.2, 0) is 19.1 Å². The highest BCUT2D eigenvalue weighted by Crippen LogP contribution is 2.42. The van der Waals surface area contributed by atoms with Crippen LogP contribution >= 0.6 is 11.8 Å².